The van der Waals surface area contributed by atoms with Crippen molar-refractivity contribution in [3.05, 3.63) is 71.1 Å². The minimum Gasteiger partial charge on any atom is -0.368 e. The first kappa shape index (κ1) is 18.5. The average molecular weight is 419 g/mol. The highest BCUT2D eigenvalue weighted by atomic mass is 19.1. The molecule has 3 heterocycles. The van der Waals surface area contributed by atoms with E-state index < -0.39 is 0 Å². The fourth-order valence-corrected chi connectivity index (χ4v) is 4.34. The number of carbonyl (C=O) groups excluding carboxylic acids is 1. The lowest BCUT2D eigenvalue weighted by Crippen LogP contribution is -2.32. The first-order valence-electron chi connectivity index (χ1n) is 10.6. The van der Waals surface area contributed by atoms with Crippen LogP contribution >= 0.6 is 0 Å². The van der Waals surface area contributed by atoms with Crippen molar-refractivity contribution in [1.29, 1.82) is 0 Å². The van der Waals surface area contributed by atoms with Gasteiger partial charge in [0.05, 0.1) is 23.2 Å². The van der Waals surface area contributed by atoms with Crippen LogP contribution in [0.2, 0.25) is 0 Å². The van der Waals surface area contributed by atoms with E-state index >= 15 is 0 Å². The van der Waals surface area contributed by atoms with Gasteiger partial charge in [-0.1, -0.05) is 12.1 Å². The number of halogens is 1. The van der Waals surface area contributed by atoms with Crippen molar-refractivity contribution in [1.82, 2.24) is 25.2 Å². The Morgan fingerprint density at radius 2 is 1.97 bits per heavy atom. The number of ether oxygens (including phenoxy) is 1. The van der Waals surface area contributed by atoms with E-state index in [0.717, 1.165) is 41.7 Å². The number of aromatic nitrogens is 3. The molecule has 3 aromatic rings. The number of rotatable bonds is 4. The van der Waals surface area contributed by atoms with Gasteiger partial charge in [0, 0.05) is 17.7 Å². The molecule has 3 aliphatic rings. The quantitative estimate of drug-likeness (QED) is 0.680. The summed E-state index contributed by atoms with van der Waals surface area (Å²) in [6, 6.07) is 8.72. The summed E-state index contributed by atoms with van der Waals surface area (Å²) in [4.78, 5) is 17.5. The van der Waals surface area contributed by atoms with Gasteiger partial charge in [-0.3, -0.25) is 4.79 Å². The van der Waals surface area contributed by atoms with E-state index in [-0.39, 0.29) is 24.4 Å². The van der Waals surface area contributed by atoms with Gasteiger partial charge in [0.25, 0.3) is 5.91 Å². The summed E-state index contributed by atoms with van der Waals surface area (Å²) >= 11 is 0. The molecule has 2 saturated carbocycles. The van der Waals surface area contributed by atoms with Crippen molar-refractivity contribution >= 4 is 17.1 Å². The molecule has 158 valence electrons. The molecule has 1 amide bonds. The highest BCUT2D eigenvalue weighted by Gasteiger charge is 2.42. The fraction of sp³-hybridized carbons (Fsp3) is 0.348. The second-order valence-electron chi connectivity index (χ2n) is 8.45. The first-order valence-corrected chi connectivity index (χ1v) is 10.6. The van der Waals surface area contributed by atoms with Gasteiger partial charge in [-0.2, -0.15) is 5.10 Å². The van der Waals surface area contributed by atoms with Crippen LogP contribution in [0.25, 0.3) is 11.2 Å². The lowest BCUT2D eigenvalue weighted by atomic mass is 10.0. The monoisotopic (exact) mass is 419 g/mol. The Kier molecular flexibility index (Phi) is 4.27. The Labute approximate surface area is 178 Å². The van der Waals surface area contributed by atoms with Gasteiger partial charge in [0.15, 0.2) is 5.65 Å². The molecular formula is C23H22FN5O2. The van der Waals surface area contributed by atoms with Crippen LogP contribution in [0.15, 0.2) is 42.7 Å². The number of amides is 1. The summed E-state index contributed by atoms with van der Waals surface area (Å²) in [7, 11) is 0. The van der Waals surface area contributed by atoms with Crippen molar-refractivity contribution in [2.45, 2.75) is 37.0 Å². The minimum absolute atomic E-state index is 0.143. The number of hydrogen-bond acceptors (Lipinski definition) is 5. The summed E-state index contributed by atoms with van der Waals surface area (Å²) < 4.78 is 20.4. The van der Waals surface area contributed by atoms with Gasteiger partial charge < -0.3 is 15.4 Å². The van der Waals surface area contributed by atoms with Gasteiger partial charge in [0.2, 0.25) is 0 Å². The SMILES string of the molecule is O=C1NCOCNC=C1c1cc([C@@H]2C[C@H]2c2ccc(F)cc2)c2nc(C3CC3)cn2n1. The standard InChI is InChI=1S/C23H22FN5O2/c24-15-5-3-13(4-6-15)16-7-17(16)18-8-20(19-9-25-11-31-12-26-23(19)30)28-29-10-21(14-1-2-14)27-22(18)29/h3-6,8-10,14,16-17,25H,1-2,7,11-12H2,(H,26,30)/t16-,17+/m0/s1. The zero-order valence-electron chi connectivity index (χ0n) is 16.8. The topological polar surface area (TPSA) is 80.5 Å². The molecule has 0 saturated heterocycles. The third-order valence-electron chi connectivity index (χ3n) is 6.24. The predicted octanol–water partition coefficient (Wildman–Crippen LogP) is 3.01. The molecule has 0 unspecified atom stereocenters. The lowest BCUT2D eigenvalue weighted by molar-refractivity contribution is -0.117. The number of imidazole rings is 1. The van der Waals surface area contributed by atoms with Crippen LogP contribution in [0.5, 0.6) is 0 Å². The highest BCUT2D eigenvalue weighted by molar-refractivity contribution is 6.18. The van der Waals surface area contributed by atoms with Crippen LogP contribution < -0.4 is 10.6 Å². The molecule has 2 N–H and O–H groups in total. The maximum Gasteiger partial charge on any atom is 0.256 e. The zero-order valence-corrected chi connectivity index (χ0v) is 16.8. The number of nitrogens with one attached hydrogen (secondary N) is 2. The van der Waals surface area contributed by atoms with Crippen molar-refractivity contribution in [2.24, 2.45) is 0 Å². The molecule has 7 nitrogen and oxygen atoms in total. The third kappa shape index (κ3) is 3.46. The molecular weight excluding hydrogens is 397 g/mol. The van der Waals surface area contributed by atoms with Gasteiger partial charge in [-0.05, 0) is 54.9 Å². The molecule has 0 spiro atoms. The first-order chi connectivity index (χ1) is 15.2. The van der Waals surface area contributed by atoms with E-state index in [1.54, 1.807) is 6.20 Å². The minimum atomic E-state index is -0.238. The van der Waals surface area contributed by atoms with Crippen LogP contribution in [0.1, 0.15) is 59.5 Å². The highest BCUT2D eigenvalue weighted by Crippen LogP contribution is 2.55. The summed E-state index contributed by atoms with van der Waals surface area (Å²) in [5.74, 6) is 0.617. The van der Waals surface area contributed by atoms with E-state index in [1.165, 1.54) is 12.1 Å². The number of fused-ring (bicyclic) bond motifs is 1. The Bertz CT molecular complexity index is 1200. The average Bonchev–Trinajstić information content (AvgIpc) is 3.68. The number of carbonyl (C=O) groups is 1. The van der Waals surface area contributed by atoms with Crippen LogP contribution in [-0.4, -0.2) is 34.0 Å². The Balaban J connectivity index is 1.43. The van der Waals surface area contributed by atoms with Gasteiger partial charge in [-0.25, -0.2) is 13.9 Å². The summed E-state index contributed by atoms with van der Waals surface area (Å²) in [6.07, 6.45) is 6.92. The maximum absolute atomic E-state index is 13.4. The molecule has 2 fully saturated rings. The second kappa shape index (κ2) is 7.16. The zero-order chi connectivity index (χ0) is 20.9. The molecule has 6 rings (SSSR count). The van der Waals surface area contributed by atoms with Crippen LogP contribution in [0, 0.1) is 5.82 Å². The molecule has 2 aliphatic carbocycles. The maximum atomic E-state index is 13.4. The van der Waals surface area contributed by atoms with Crippen LogP contribution in [0.3, 0.4) is 0 Å². The predicted molar refractivity (Wildman–Crippen MR) is 112 cm³/mol. The van der Waals surface area contributed by atoms with E-state index in [9.17, 15) is 9.18 Å². The van der Waals surface area contributed by atoms with Gasteiger partial charge >= 0.3 is 0 Å². The fourth-order valence-electron chi connectivity index (χ4n) is 4.34. The molecule has 2 aromatic heterocycles. The molecule has 0 radical (unpaired) electrons. The van der Waals surface area contributed by atoms with E-state index in [1.807, 2.05) is 28.9 Å². The van der Waals surface area contributed by atoms with Crippen LogP contribution in [-0.2, 0) is 9.53 Å². The van der Waals surface area contributed by atoms with E-state index in [4.69, 9.17) is 14.8 Å². The van der Waals surface area contributed by atoms with Gasteiger partial charge in [0.1, 0.15) is 19.3 Å². The Morgan fingerprint density at radius 1 is 1.13 bits per heavy atom. The molecule has 1 aromatic carbocycles. The second-order valence-corrected chi connectivity index (χ2v) is 8.45. The van der Waals surface area contributed by atoms with Crippen molar-refractivity contribution in [3.63, 3.8) is 0 Å². The van der Waals surface area contributed by atoms with Crippen molar-refractivity contribution in [2.75, 3.05) is 13.5 Å². The van der Waals surface area contributed by atoms with E-state index in [0.29, 0.717) is 29.8 Å². The summed E-state index contributed by atoms with van der Waals surface area (Å²) in [5, 5.41) is 10.5. The van der Waals surface area contributed by atoms with Crippen LogP contribution in [0.4, 0.5) is 4.39 Å². The third-order valence-corrected chi connectivity index (χ3v) is 6.24. The summed E-state index contributed by atoms with van der Waals surface area (Å²) in [6.45, 7) is 0.454. The smallest absolute Gasteiger partial charge is 0.256 e. The molecule has 31 heavy (non-hydrogen) atoms. The Hall–Kier alpha value is -3.26. The normalized spacial score (nSPS) is 23.5. The largest absolute Gasteiger partial charge is 0.368 e. The van der Waals surface area contributed by atoms with Crippen molar-refractivity contribution in [3.8, 4) is 0 Å². The van der Waals surface area contributed by atoms with Gasteiger partial charge in [-0.15, -0.1) is 0 Å². The molecule has 8 heteroatoms. The molecule has 0 bridgehead atoms. The molecule has 1 aliphatic heterocycles. The number of hydrogen-bond donors (Lipinski definition) is 2. The van der Waals surface area contributed by atoms with E-state index in [2.05, 4.69) is 10.6 Å². The summed E-state index contributed by atoms with van der Waals surface area (Å²) in [5.41, 5.74) is 5.18. The van der Waals surface area contributed by atoms with Crippen molar-refractivity contribution < 1.29 is 13.9 Å². The number of nitrogens with zero attached hydrogens (tertiary/aromatic N) is 3. The number of benzene rings is 1. The lowest BCUT2D eigenvalue weighted by Gasteiger charge is -2.15. The Morgan fingerprint density at radius 3 is 2.77 bits per heavy atom. The molecule has 2 atom stereocenters.